The van der Waals surface area contributed by atoms with Gasteiger partial charge >= 0.3 is 0 Å². The maximum Gasteiger partial charge on any atom is 0.259 e. The van der Waals surface area contributed by atoms with E-state index in [1.807, 2.05) is 33.8 Å². The van der Waals surface area contributed by atoms with Crippen molar-refractivity contribution in [2.24, 2.45) is 0 Å². The van der Waals surface area contributed by atoms with Gasteiger partial charge in [0.1, 0.15) is 0 Å². The van der Waals surface area contributed by atoms with Crippen LogP contribution < -0.4 is 5.56 Å². The van der Waals surface area contributed by atoms with Gasteiger partial charge < -0.3 is 14.6 Å². The summed E-state index contributed by atoms with van der Waals surface area (Å²) in [6.45, 7) is 2.87. The van der Waals surface area contributed by atoms with Crippen LogP contribution in [-0.2, 0) is 4.74 Å². The quantitative estimate of drug-likeness (QED) is 0.500. The molecule has 7 heteroatoms. The number of amides is 1. The predicted molar refractivity (Wildman–Crippen MR) is 131 cm³/mol. The maximum absolute atomic E-state index is 13.4. The maximum atomic E-state index is 13.4. The van der Waals surface area contributed by atoms with Crippen LogP contribution in [0.25, 0.3) is 21.8 Å². The second kappa shape index (κ2) is 8.72. The molecule has 174 valence electrons. The summed E-state index contributed by atoms with van der Waals surface area (Å²) >= 11 is 0. The van der Waals surface area contributed by atoms with E-state index in [-0.39, 0.29) is 17.5 Å². The molecule has 4 aromatic rings. The molecule has 7 nitrogen and oxygen atoms in total. The minimum atomic E-state index is -0.174. The number of aromatic amines is 1. The van der Waals surface area contributed by atoms with Gasteiger partial charge in [0.25, 0.3) is 11.5 Å². The number of rotatable bonds is 3. The highest BCUT2D eigenvalue weighted by Crippen LogP contribution is 2.30. The number of nitrogens with one attached hydrogen (secondary N) is 1. The van der Waals surface area contributed by atoms with Crippen LogP contribution in [-0.4, -0.2) is 51.9 Å². The van der Waals surface area contributed by atoms with Crippen LogP contribution in [0.2, 0.25) is 0 Å². The zero-order valence-electron chi connectivity index (χ0n) is 19.1. The molecule has 4 heterocycles. The number of ether oxygens (including phenoxy) is 1. The van der Waals surface area contributed by atoms with Gasteiger partial charge in [-0.2, -0.15) is 5.10 Å². The number of fused-ring (bicyclic) bond motifs is 3. The molecule has 2 aromatic heterocycles. The number of H-pyrrole nitrogens is 1. The second-order valence-corrected chi connectivity index (χ2v) is 9.41. The summed E-state index contributed by atoms with van der Waals surface area (Å²) < 4.78 is 7.48. The van der Waals surface area contributed by atoms with Crippen molar-refractivity contribution in [1.29, 1.82) is 0 Å². The number of hydrogen-bond acceptors (Lipinski definition) is 4. The number of hydrogen-bond donors (Lipinski definition) is 1. The van der Waals surface area contributed by atoms with Crippen molar-refractivity contribution in [3.05, 3.63) is 76.2 Å². The molecule has 2 fully saturated rings. The van der Waals surface area contributed by atoms with Gasteiger partial charge in [-0.1, -0.05) is 30.3 Å². The summed E-state index contributed by atoms with van der Waals surface area (Å²) in [6.07, 6.45) is 5.48. The van der Waals surface area contributed by atoms with Crippen molar-refractivity contribution in [3.63, 3.8) is 0 Å². The highest BCUT2D eigenvalue weighted by molar-refractivity contribution is 6.06. The standard InChI is InChI=1S/C27H28N4O3/c32-26-23-16-28-31(21-10-13-34-14-11-21)25(23)22-9-8-19(15-24(22)29-26)27(33)30-12-4-7-20(17-30)18-5-2-1-3-6-18/h1-3,5-6,8-9,15-16,20-21H,4,7,10-14,17H2,(H,29,32). The first-order valence-corrected chi connectivity index (χ1v) is 12.1. The fourth-order valence-corrected chi connectivity index (χ4v) is 5.52. The molecule has 1 atom stereocenters. The Bertz CT molecular complexity index is 1400. The summed E-state index contributed by atoms with van der Waals surface area (Å²) in [6, 6.07) is 16.3. The molecule has 0 aliphatic carbocycles. The Morgan fingerprint density at radius 2 is 1.85 bits per heavy atom. The lowest BCUT2D eigenvalue weighted by Crippen LogP contribution is -2.39. The van der Waals surface area contributed by atoms with E-state index in [4.69, 9.17) is 4.74 Å². The average Bonchev–Trinajstić information content (AvgIpc) is 3.35. The molecule has 1 unspecified atom stereocenters. The molecule has 2 aliphatic heterocycles. The highest BCUT2D eigenvalue weighted by atomic mass is 16.5. The number of nitrogens with zero attached hydrogens (tertiary/aromatic N) is 3. The lowest BCUT2D eigenvalue weighted by Gasteiger charge is -2.33. The Hall–Kier alpha value is -3.45. The zero-order valence-corrected chi connectivity index (χ0v) is 19.1. The van der Waals surface area contributed by atoms with Crippen molar-refractivity contribution < 1.29 is 9.53 Å². The largest absolute Gasteiger partial charge is 0.381 e. The second-order valence-electron chi connectivity index (χ2n) is 9.41. The predicted octanol–water partition coefficient (Wildman–Crippen LogP) is 4.25. The van der Waals surface area contributed by atoms with Crippen molar-refractivity contribution in [1.82, 2.24) is 19.7 Å². The third-order valence-electron chi connectivity index (χ3n) is 7.33. The Balaban J connectivity index is 1.34. The molecule has 34 heavy (non-hydrogen) atoms. The van der Waals surface area contributed by atoms with Gasteiger partial charge in [-0.15, -0.1) is 0 Å². The van der Waals surface area contributed by atoms with Gasteiger partial charge in [0.2, 0.25) is 0 Å². The van der Waals surface area contributed by atoms with Crippen molar-refractivity contribution in [2.75, 3.05) is 26.3 Å². The van der Waals surface area contributed by atoms with Crippen LogP contribution in [0.15, 0.2) is 59.5 Å². The van der Waals surface area contributed by atoms with Gasteiger partial charge in [-0.25, -0.2) is 0 Å². The highest BCUT2D eigenvalue weighted by Gasteiger charge is 2.26. The average molecular weight is 457 g/mol. The van der Waals surface area contributed by atoms with Gasteiger partial charge in [-0.05, 0) is 49.4 Å². The number of benzene rings is 2. The fraction of sp³-hybridized carbons (Fsp3) is 0.370. The van der Waals surface area contributed by atoms with Gasteiger partial charge in [0.05, 0.1) is 28.7 Å². The first-order chi connectivity index (χ1) is 16.7. The Kier molecular flexibility index (Phi) is 5.41. The molecule has 1 amide bonds. The van der Waals surface area contributed by atoms with Crippen LogP contribution in [0.4, 0.5) is 0 Å². The molecular formula is C27H28N4O3. The van der Waals surface area contributed by atoms with Gasteiger partial charge in [0, 0.05) is 43.2 Å². The van der Waals surface area contributed by atoms with Gasteiger partial charge in [0.15, 0.2) is 0 Å². The number of piperidine rings is 1. The van der Waals surface area contributed by atoms with E-state index in [9.17, 15) is 9.59 Å². The van der Waals surface area contributed by atoms with Crippen LogP contribution in [0.3, 0.4) is 0 Å². The summed E-state index contributed by atoms with van der Waals surface area (Å²) in [4.78, 5) is 31.2. The third kappa shape index (κ3) is 3.70. The van der Waals surface area contributed by atoms with Crippen molar-refractivity contribution in [2.45, 2.75) is 37.6 Å². The molecule has 0 bridgehead atoms. The lowest BCUT2D eigenvalue weighted by atomic mass is 9.90. The Morgan fingerprint density at radius 1 is 1.03 bits per heavy atom. The minimum absolute atomic E-state index is 0.0152. The number of aromatic nitrogens is 3. The topological polar surface area (TPSA) is 80.2 Å². The number of pyridine rings is 1. The molecule has 0 radical (unpaired) electrons. The monoisotopic (exact) mass is 456 g/mol. The molecule has 2 aliphatic rings. The third-order valence-corrected chi connectivity index (χ3v) is 7.33. The van der Waals surface area contributed by atoms with Crippen LogP contribution in [0.1, 0.15) is 53.6 Å². The normalized spacial score (nSPS) is 19.6. The molecule has 1 N–H and O–H groups in total. The Labute approximate surface area is 197 Å². The van der Waals surface area contributed by atoms with Crippen LogP contribution in [0.5, 0.6) is 0 Å². The molecule has 6 rings (SSSR count). The van der Waals surface area contributed by atoms with E-state index < -0.39 is 0 Å². The minimum Gasteiger partial charge on any atom is -0.381 e. The van der Waals surface area contributed by atoms with Crippen LogP contribution >= 0.6 is 0 Å². The Morgan fingerprint density at radius 3 is 2.68 bits per heavy atom. The summed E-state index contributed by atoms with van der Waals surface area (Å²) in [5, 5.41) is 6.06. The summed E-state index contributed by atoms with van der Waals surface area (Å²) in [7, 11) is 0. The molecule has 2 aromatic carbocycles. The van der Waals surface area contributed by atoms with Crippen molar-refractivity contribution in [3.8, 4) is 0 Å². The van der Waals surface area contributed by atoms with E-state index in [2.05, 4.69) is 34.3 Å². The molecular weight excluding hydrogens is 428 g/mol. The van der Waals surface area contributed by atoms with Crippen molar-refractivity contribution >= 4 is 27.7 Å². The molecule has 2 saturated heterocycles. The SMILES string of the molecule is O=C(c1ccc2c(c1)[nH]c(=O)c1cnn(C3CCOCC3)c12)N1CCCC(c2ccccc2)C1. The lowest BCUT2D eigenvalue weighted by molar-refractivity contribution is 0.0675. The van der Waals surface area contributed by atoms with E-state index in [1.165, 1.54) is 5.56 Å². The number of likely N-dealkylation sites (tertiary alicyclic amines) is 1. The van der Waals surface area contributed by atoms with Gasteiger partial charge in [-0.3, -0.25) is 14.3 Å². The first kappa shape index (κ1) is 21.1. The number of carbonyl (C=O) groups is 1. The first-order valence-electron chi connectivity index (χ1n) is 12.1. The fourth-order valence-electron chi connectivity index (χ4n) is 5.52. The summed E-state index contributed by atoms with van der Waals surface area (Å²) in [5.74, 6) is 0.369. The van der Waals surface area contributed by atoms with E-state index >= 15 is 0 Å². The van der Waals surface area contributed by atoms with E-state index in [0.717, 1.165) is 43.1 Å². The molecule has 0 spiro atoms. The number of carbonyl (C=O) groups excluding carboxylic acids is 1. The summed E-state index contributed by atoms with van der Waals surface area (Å²) in [5.41, 5.74) is 3.23. The zero-order chi connectivity index (χ0) is 23.1. The van der Waals surface area contributed by atoms with E-state index in [1.54, 1.807) is 6.20 Å². The van der Waals surface area contributed by atoms with Crippen LogP contribution in [0, 0.1) is 0 Å². The molecule has 0 saturated carbocycles. The smallest absolute Gasteiger partial charge is 0.259 e. The van der Waals surface area contributed by atoms with E-state index in [0.29, 0.717) is 42.1 Å².